The number of pyridine rings is 1. The molecular formula is C19H16Cl2N2O2. The number of ether oxygens (including phenoxy) is 1. The lowest BCUT2D eigenvalue weighted by Crippen LogP contribution is -2.12. The molecule has 4 nitrogen and oxygen atoms in total. The van der Waals surface area contributed by atoms with Crippen molar-refractivity contribution < 1.29 is 9.53 Å². The van der Waals surface area contributed by atoms with Crippen molar-refractivity contribution in [3.05, 3.63) is 64.3 Å². The zero-order chi connectivity index (χ0) is 17.8. The Labute approximate surface area is 155 Å². The predicted molar refractivity (Wildman–Crippen MR) is 102 cm³/mol. The molecule has 1 N–H and O–H groups in total. The third-order valence-electron chi connectivity index (χ3n) is 3.59. The van der Waals surface area contributed by atoms with E-state index in [2.05, 4.69) is 10.3 Å². The smallest absolute Gasteiger partial charge is 0.255 e. The molecule has 0 radical (unpaired) electrons. The van der Waals surface area contributed by atoms with E-state index in [1.807, 2.05) is 31.2 Å². The van der Waals surface area contributed by atoms with E-state index in [0.29, 0.717) is 33.7 Å². The second-order valence-electron chi connectivity index (χ2n) is 5.45. The lowest BCUT2D eigenvalue weighted by molar-refractivity contribution is 0.102. The fraction of sp³-hybridized carbons (Fsp3) is 0.158. The molecule has 0 aliphatic rings. The number of fused-ring (bicyclic) bond motifs is 1. The number of anilines is 1. The van der Waals surface area contributed by atoms with Crippen LogP contribution in [-0.4, -0.2) is 17.5 Å². The van der Waals surface area contributed by atoms with E-state index < -0.39 is 0 Å². The number of para-hydroxylation sites is 1. The van der Waals surface area contributed by atoms with Crippen molar-refractivity contribution >= 4 is 45.7 Å². The molecule has 3 rings (SSSR count). The van der Waals surface area contributed by atoms with Gasteiger partial charge in [0.25, 0.3) is 5.91 Å². The number of amides is 1. The van der Waals surface area contributed by atoms with Crippen molar-refractivity contribution in [1.29, 1.82) is 0 Å². The van der Waals surface area contributed by atoms with E-state index in [1.165, 1.54) is 0 Å². The number of benzene rings is 2. The minimum Gasteiger partial charge on any atom is -0.490 e. The Balaban J connectivity index is 1.88. The maximum absolute atomic E-state index is 12.6. The van der Waals surface area contributed by atoms with Crippen molar-refractivity contribution in [3.8, 4) is 5.75 Å². The van der Waals surface area contributed by atoms with Gasteiger partial charge in [-0.15, -0.1) is 0 Å². The molecule has 0 saturated carbocycles. The predicted octanol–water partition coefficient (Wildman–Crippen LogP) is 5.58. The zero-order valence-electron chi connectivity index (χ0n) is 13.6. The van der Waals surface area contributed by atoms with E-state index in [4.69, 9.17) is 27.9 Å². The summed E-state index contributed by atoms with van der Waals surface area (Å²) in [7, 11) is 0. The Kier molecular flexibility index (Phi) is 5.41. The molecule has 6 heteroatoms. The Hall–Kier alpha value is -2.30. The monoisotopic (exact) mass is 374 g/mol. The van der Waals surface area contributed by atoms with Crippen molar-refractivity contribution in [2.45, 2.75) is 13.3 Å². The van der Waals surface area contributed by atoms with Crippen LogP contribution >= 0.6 is 23.2 Å². The highest BCUT2D eigenvalue weighted by molar-refractivity contribution is 6.37. The van der Waals surface area contributed by atoms with E-state index >= 15 is 0 Å². The number of hydrogen-bond donors (Lipinski definition) is 1. The first-order valence-corrected chi connectivity index (χ1v) is 8.62. The van der Waals surface area contributed by atoms with Gasteiger partial charge < -0.3 is 10.1 Å². The van der Waals surface area contributed by atoms with Gasteiger partial charge in [-0.1, -0.05) is 48.3 Å². The van der Waals surface area contributed by atoms with Gasteiger partial charge in [0.2, 0.25) is 0 Å². The van der Waals surface area contributed by atoms with E-state index in [0.717, 1.165) is 17.3 Å². The van der Waals surface area contributed by atoms with Crippen molar-refractivity contribution in [2.24, 2.45) is 0 Å². The fourth-order valence-corrected chi connectivity index (χ4v) is 3.03. The van der Waals surface area contributed by atoms with Crippen LogP contribution in [-0.2, 0) is 0 Å². The maximum Gasteiger partial charge on any atom is 0.255 e. The van der Waals surface area contributed by atoms with Crippen LogP contribution in [0.25, 0.3) is 10.9 Å². The second-order valence-corrected chi connectivity index (χ2v) is 6.27. The first-order chi connectivity index (χ1) is 12.1. The Morgan fingerprint density at radius 1 is 1.16 bits per heavy atom. The molecule has 3 aromatic rings. The van der Waals surface area contributed by atoms with Gasteiger partial charge in [0.15, 0.2) is 5.75 Å². The van der Waals surface area contributed by atoms with Gasteiger partial charge in [-0.05, 0) is 30.7 Å². The SMILES string of the molecule is CCCOc1c(Cl)cc(C(=O)Nc2cccc3cccnc23)cc1Cl. The summed E-state index contributed by atoms with van der Waals surface area (Å²) in [6, 6.07) is 12.5. The summed E-state index contributed by atoms with van der Waals surface area (Å²) in [4.78, 5) is 16.9. The number of halogens is 2. The quantitative estimate of drug-likeness (QED) is 0.633. The number of nitrogens with zero attached hydrogens (tertiary/aromatic N) is 1. The van der Waals surface area contributed by atoms with Crippen molar-refractivity contribution in [1.82, 2.24) is 4.98 Å². The number of hydrogen-bond acceptors (Lipinski definition) is 3. The van der Waals surface area contributed by atoms with Gasteiger partial charge in [0.05, 0.1) is 27.9 Å². The van der Waals surface area contributed by atoms with Crippen LogP contribution in [0.2, 0.25) is 10.0 Å². The highest BCUT2D eigenvalue weighted by Gasteiger charge is 2.15. The number of carbonyl (C=O) groups excluding carboxylic acids is 1. The summed E-state index contributed by atoms with van der Waals surface area (Å²) in [6.45, 7) is 2.49. The minimum absolute atomic E-state index is 0.308. The van der Waals surface area contributed by atoms with Gasteiger partial charge >= 0.3 is 0 Å². The molecule has 1 amide bonds. The number of nitrogens with one attached hydrogen (secondary N) is 1. The molecule has 0 bridgehead atoms. The van der Waals surface area contributed by atoms with Crippen LogP contribution in [0.5, 0.6) is 5.75 Å². The van der Waals surface area contributed by atoms with Gasteiger partial charge in [-0.3, -0.25) is 9.78 Å². The standard InChI is InChI=1S/C19H16Cl2N2O2/c1-2-9-25-18-14(20)10-13(11-15(18)21)19(24)23-16-7-3-5-12-6-4-8-22-17(12)16/h3-8,10-11H,2,9H2,1H3,(H,23,24). The Morgan fingerprint density at radius 3 is 2.60 bits per heavy atom. The Bertz CT molecular complexity index is 900. The highest BCUT2D eigenvalue weighted by atomic mass is 35.5. The molecule has 0 spiro atoms. The molecule has 128 valence electrons. The molecule has 0 fully saturated rings. The minimum atomic E-state index is -0.316. The topological polar surface area (TPSA) is 51.2 Å². The average Bonchev–Trinajstić information content (AvgIpc) is 2.61. The normalized spacial score (nSPS) is 10.7. The molecule has 25 heavy (non-hydrogen) atoms. The molecule has 0 saturated heterocycles. The molecule has 0 unspecified atom stereocenters. The fourth-order valence-electron chi connectivity index (χ4n) is 2.43. The molecule has 0 aliphatic carbocycles. The first kappa shape index (κ1) is 17.5. The number of carbonyl (C=O) groups is 1. The molecule has 1 heterocycles. The van der Waals surface area contributed by atoms with Crippen LogP contribution < -0.4 is 10.1 Å². The molecular weight excluding hydrogens is 359 g/mol. The average molecular weight is 375 g/mol. The van der Waals surface area contributed by atoms with Crippen molar-refractivity contribution in [3.63, 3.8) is 0 Å². The maximum atomic E-state index is 12.6. The lowest BCUT2D eigenvalue weighted by atomic mass is 10.1. The van der Waals surface area contributed by atoms with Crippen LogP contribution in [0.1, 0.15) is 23.7 Å². The third kappa shape index (κ3) is 3.86. The highest BCUT2D eigenvalue weighted by Crippen LogP contribution is 2.34. The van der Waals surface area contributed by atoms with Crippen LogP contribution in [0.4, 0.5) is 5.69 Å². The van der Waals surface area contributed by atoms with Gasteiger partial charge in [-0.25, -0.2) is 0 Å². The number of aromatic nitrogens is 1. The van der Waals surface area contributed by atoms with Gasteiger partial charge in [0.1, 0.15) is 0 Å². The number of rotatable bonds is 5. The summed E-state index contributed by atoms with van der Waals surface area (Å²) >= 11 is 12.4. The molecule has 2 aromatic carbocycles. The van der Waals surface area contributed by atoms with Crippen LogP contribution in [0, 0.1) is 0 Å². The van der Waals surface area contributed by atoms with E-state index in [1.54, 1.807) is 24.4 Å². The first-order valence-electron chi connectivity index (χ1n) is 7.87. The molecule has 0 atom stereocenters. The summed E-state index contributed by atoms with van der Waals surface area (Å²) in [6.07, 6.45) is 2.52. The third-order valence-corrected chi connectivity index (χ3v) is 4.15. The van der Waals surface area contributed by atoms with Crippen LogP contribution in [0.15, 0.2) is 48.7 Å². The summed E-state index contributed by atoms with van der Waals surface area (Å²) in [5.74, 6) is 0.0811. The lowest BCUT2D eigenvalue weighted by Gasteiger charge is -2.12. The van der Waals surface area contributed by atoms with Crippen LogP contribution in [0.3, 0.4) is 0 Å². The largest absolute Gasteiger partial charge is 0.490 e. The molecule has 1 aromatic heterocycles. The van der Waals surface area contributed by atoms with Crippen molar-refractivity contribution in [2.75, 3.05) is 11.9 Å². The summed E-state index contributed by atoms with van der Waals surface area (Å²) in [5.41, 5.74) is 1.70. The second kappa shape index (κ2) is 7.72. The molecule has 0 aliphatic heterocycles. The van der Waals surface area contributed by atoms with Gasteiger partial charge in [0, 0.05) is 17.1 Å². The summed E-state index contributed by atoms with van der Waals surface area (Å²) < 4.78 is 5.52. The van der Waals surface area contributed by atoms with E-state index in [9.17, 15) is 4.79 Å². The van der Waals surface area contributed by atoms with E-state index in [-0.39, 0.29) is 5.91 Å². The zero-order valence-corrected chi connectivity index (χ0v) is 15.1. The van der Waals surface area contributed by atoms with Gasteiger partial charge in [-0.2, -0.15) is 0 Å². The summed E-state index contributed by atoms with van der Waals surface area (Å²) in [5, 5.41) is 4.42. The Morgan fingerprint density at radius 2 is 1.88 bits per heavy atom.